The highest BCUT2D eigenvalue weighted by Crippen LogP contribution is 2.36. The minimum Gasteiger partial charge on any atom is -0.463 e. The second kappa shape index (κ2) is 8.39. The van der Waals surface area contributed by atoms with Gasteiger partial charge in [-0.2, -0.15) is 0 Å². The van der Waals surface area contributed by atoms with Gasteiger partial charge in [0.05, 0.1) is 6.33 Å². The summed E-state index contributed by atoms with van der Waals surface area (Å²) in [4.78, 5) is 44.5. The van der Waals surface area contributed by atoms with E-state index in [0.717, 1.165) is 0 Å². The summed E-state index contributed by atoms with van der Waals surface area (Å²) in [6, 6.07) is 0. The number of imidazole rings is 1. The average molecular weight is 442 g/mol. The molecule has 1 saturated heterocycles. The number of nitrogens with zero attached hydrogens (tertiary/aromatic N) is 2. The summed E-state index contributed by atoms with van der Waals surface area (Å²) < 4.78 is 23.8. The van der Waals surface area contributed by atoms with Crippen molar-refractivity contribution < 1.29 is 33.3 Å². The molecule has 4 unspecified atom stereocenters. The van der Waals surface area contributed by atoms with Gasteiger partial charge in [0.2, 0.25) is 0 Å². The van der Waals surface area contributed by atoms with Crippen LogP contribution in [0.25, 0.3) is 11.2 Å². The van der Waals surface area contributed by atoms with E-state index in [1.54, 1.807) is 0 Å². The van der Waals surface area contributed by atoms with E-state index in [1.165, 1.54) is 31.7 Å². The maximum atomic E-state index is 11.7. The minimum atomic E-state index is -1.04. The summed E-state index contributed by atoms with van der Waals surface area (Å²) in [5.74, 6) is -1.75. The lowest BCUT2D eigenvalue weighted by Crippen LogP contribution is -2.40. The molecule has 2 aromatic heterocycles. The first-order valence-electron chi connectivity index (χ1n) is 8.49. The van der Waals surface area contributed by atoms with Crippen molar-refractivity contribution in [3.05, 3.63) is 15.7 Å². The highest BCUT2D eigenvalue weighted by Gasteiger charge is 2.51. The molecule has 0 amide bonds. The maximum Gasteiger partial charge on any atom is 0.303 e. The van der Waals surface area contributed by atoms with Crippen molar-refractivity contribution in [2.45, 2.75) is 45.3 Å². The molecule has 0 spiro atoms. The molecular formula is C16H18N4O7S2. The molecule has 13 heteroatoms. The van der Waals surface area contributed by atoms with Crippen LogP contribution in [0.4, 0.5) is 0 Å². The zero-order chi connectivity index (χ0) is 21.3. The zero-order valence-corrected chi connectivity index (χ0v) is 17.3. The lowest BCUT2D eigenvalue weighted by atomic mass is 10.1. The fourth-order valence-electron chi connectivity index (χ4n) is 3.09. The topological polar surface area (TPSA) is 138 Å². The first kappa shape index (κ1) is 21.1. The molecule has 0 bridgehead atoms. The molecule has 156 valence electrons. The Morgan fingerprint density at radius 2 is 1.76 bits per heavy atom. The van der Waals surface area contributed by atoms with Crippen LogP contribution in [0, 0.1) is 9.41 Å². The van der Waals surface area contributed by atoms with Crippen LogP contribution in [0.1, 0.15) is 27.0 Å². The van der Waals surface area contributed by atoms with Gasteiger partial charge in [0.15, 0.2) is 28.9 Å². The van der Waals surface area contributed by atoms with Crippen LogP contribution in [0.5, 0.6) is 0 Å². The third-order valence-electron chi connectivity index (χ3n) is 4.08. The number of nitrogens with one attached hydrogen (secondary N) is 2. The predicted molar refractivity (Wildman–Crippen MR) is 102 cm³/mol. The quantitative estimate of drug-likeness (QED) is 0.398. The Bertz CT molecular complexity index is 1080. The van der Waals surface area contributed by atoms with Gasteiger partial charge in [-0.15, -0.1) is 0 Å². The van der Waals surface area contributed by atoms with Crippen LogP contribution < -0.4 is 0 Å². The predicted octanol–water partition coefficient (Wildman–Crippen LogP) is 1.48. The monoisotopic (exact) mass is 442 g/mol. The Balaban J connectivity index is 2.06. The normalized spacial score (nSPS) is 23.7. The lowest BCUT2D eigenvalue weighted by molar-refractivity contribution is -0.166. The number of H-pyrrole nitrogens is 2. The molecule has 3 rings (SSSR count). The van der Waals surface area contributed by atoms with Crippen molar-refractivity contribution >= 4 is 53.5 Å². The molecule has 1 aliphatic rings. The third-order valence-corrected chi connectivity index (χ3v) is 4.58. The van der Waals surface area contributed by atoms with Gasteiger partial charge in [-0.25, -0.2) is 4.98 Å². The molecule has 0 saturated carbocycles. The lowest BCUT2D eigenvalue weighted by Gasteiger charge is -2.23. The molecule has 0 aromatic carbocycles. The van der Waals surface area contributed by atoms with Crippen LogP contribution in [-0.4, -0.2) is 62.3 Å². The van der Waals surface area contributed by atoms with Crippen LogP contribution in [-0.2, 0) is 33.3 Å². The largest absolute Gasteiger partial charge is 0.463 e. The molecule has 3 heterocycles. The number of aromatic amines is 2. The van der Waals surface area contributed by atoms with E-state index in [4.69, 9.17) is 43.4 Å². The van der Waals surface area contributed by atoms with Gasteiger partial charge in [-0.05, 0) is 12.2 Å². The van der Waals surface area contributed by atoms with Gasteiger partial charge in [0.1, 0.15) is 22.9 Å². The Morgan fingerprint density at radius 1 is 1.10 bits per heavy atom. The van der Waals surface area contributed by atoms with E-state index in [9.17, 15) is 14.4 Å². The molecule has 2 aromatic rings. The van der Waals surface area contributed by atoms with E-state index in [0.29, 0.717) is 20.6 Å². The molecular weight excluding hydrogens is 424 g/mol. The minimum absolute atomic E-state index is 0.205. The van der Waals surface area contributed by atoms with Gasteiger partial charge in [-0.1, -0.05) is 12.2 Å². The highest BCUT2D eigenvalue weighted by molar-refractivity contribution is 7.72. The molecule has 0 radical (unpaired) electrons. The standard InChI is InChI=1S/C16H18N4O7S2/c1-6(21)24-4-9-11(25-7(2)22)12(26-8(3)23)15(27-9)20-5-17-13-10(20)14(28)19-16(29)18-13/h5,9,11-12,15H,4H2,1-3H3,(H2,18,19,28,29). The average Bonchev–Trinajstić information content (AvgIpc) is 3.14. The van der Waals surface area contributed by atoms with Crippen molar-refractivity contribution in [1.82, 2.24) is 19.5 Å². The van der Waals surface area contributed by atoms with E-state index < -0.39 is 42.4 Å². The number of rotatable bonds is 5. The fraction of sp³-hybridized carbons (Fsp3) is 0.500. The van der Waals surface area contributed by atoms with Gasteiger partial charge >= 0.3 is 17.9 Å². The number of hydrogen-bond acceptors (Lipinski definition) is 10. The summed E-state index contributed by atoms with van der Waals surface area (Å²) in [7, 11) is 0. The Morgan fingerprint density at radius 3 is 2.38 bits per heavy atom. The van der Waals surface area contributed by atoms with Crippen LogP contribution in [0.15, 0.2) is 6.33 Å². The maximum absolute atomic E-state index is 11.7. The zero-order valence-electron chi connectivity index (χ0n) is 15.7. The molecule has 2 N–H and O–H groups in total. The Kier molecular flexibility index (Phi) is 6.10. The van der Waals surface area contributed by atoms with Crippen molar-refractivity contribution in [2.75, 3.05) is 6.61 Å². The molecule has 0 aliphatic carbocycles. The molecule has 1 aliphatic heterocycles. The fourth-order valence-corrected chi connectivity index (χ4v) is 3.66. The number of aromatic nitrogens is 4. The summed E-state index contributed by atoms with van der Waals surface area (Å²) in [6.45, 7) is 3.46. The summed E-state index contributed by atoms with van der Waals surface area (Å²) in [5, 5.41) is 0. The third kappa shape index (κ3) is 4.52. The van der Waals surface area contributed by atoms with Gasteiger partial charge in [0, 0.05) is 20.8 Å². The highest BCUT2D eigenvalue weighted by atomic mass is 32.1. The first-order valence-corrected chi connectivity index (χ1v) is 9.31. The van der Waals surface area contributed by atoms with Crippen molar-refractivity contribution in [3.8, 4) is 0 Å². The number of carbonyl (C=O) groups excluding carboxylic acids is 3. The molecule has 11 nitrogen and oxygen atoms in total. The van der Waals surface area contributed by atoms with Gasteiger partial charge < -0.3 is 28.9 Å². The number of hydrogen-bond donors (Lipinski definition) is 2. The van der Waals surface area contributed by atoms with Crippen LogP contribution >= 0.6 is 24.4 Å². The van der Waals surface area contributed by atoms with E-state index in [2.05, 4.69) is 15.0 Å². The van der Waals surface area contributed by atoms with E-state index in [-0.39, 0.29) is 6.61 Å². The van der Waals surface area contributed by atoms with Crippen molar-refractivity contribution in [3.63, 3.8) is 0 Å². The first-order chi connectivity index (χ1) is 13.7. The van der Waals surface area contributed by atoms with Gasteiger partial charge in [-0.3, -0.25) is 19.0 Å². The SMILES string of the molecule is CC(=O)OCC1OC(n2cnc3[nH]c(=S)[nH]c(=S)c32)C(OC(C)=O)C1OC(C)=O. The Labute approximate surface area is 174 Å². The Hall–Kier alpha value is -2.64. The van der Waals surface area contributed by atoms with E-state index >= 15 is 0 Å². The summed E-state index contributed by atoms with van der Waals surface area (Å²) >= 11 is 10.4. The second-order valence-corrected chi connectivity index (χ2v) is 7.09. The number of esters is 3. The van der Waals surface area contributed by atoms with Crippen LogP contribution in [0.2, 0.25) is 0 Å². The number of ether oxygens (including phenoxy) is 4. The summed E-state index contributed by atoms with van der Waals surface area (Å²) in [6.07, 6.45) is -2.45. The van der Waals surface area contributed by atoms with Crippen molar-refractivity contribution in [1.29, 1.82) is 0 Å². The molecule has 29 heavy (non-hydrogen) atoms. The number of carbonyl (C=O) groups is 3. The smallest absolute Gasteiger partial charge is 0.303 e. The van der Waals surface area contributed by atoms with Crippen molar-refractivity contribution in [2.24, 2.45) is 0 Å². The summed E-state index contributed by atoms with van der Waals surface area (Å²) in [5.41, 5.74) is 0.849. The van der Waals surface area contributed by atoms with E-state index in [1.807, 2.05) is 0 Å². The number of fused-ring (bicyclic) bond motifs is 1. The second-order valence-electron chi connectivity index (χ2n) is 6.27. The molecule has 4 atom stereocenters. The van der Waals surface area contributed by atoms with Gasteiger partial charge in [0.25, 0.3) is 0 Å². The molecule has 1 fully saturated rings. The van der Waals surface area contributed by atoms with Crippen LogP contribution in [0.3, 0.4) is 0 Å².